The zero-order valence-corrected chi connectivity index (χ0v) is 16.3. The van der Waals surface area contributed by atoms with E-state index >= 15 is 0 Å². The summed E-state index contributed by atoms with van der Waals surface area (Å²) in [5.41, 5.74) is 2.43. The fourth-order valence-electron chi connectivity index (χ4n) is 2.85. The van der Waals surface area contributed by atoms with Crippen LogP contribution in [0.15, 0.2) is 60.8 Å². The molecule has 0 aliphatic heterocycles. The summed E-state index contributed by atoms with van der Waals surface area (Å²) in [5.74, 6) is 3.18. The van der Waals surface area contributed by atoms with Gasteiger partial charge in [0.05, 0.1) is 14.2 Å². The zero-order valence-electron chi connectivity index (χ0n) is 16.3. The second-order valence-electron chi connectivity index (χ2n) is 6.32. The number of ether oxygens (including phenoxy) is 2. The van der Waals surface area contributed by atoms with Gasteiger partial charge in [-0.2, -0.15) is 4.98 Å². The van der Waals surface area contributed by atoms with Crippen LogP contribution in [-0.2, 0) is 12.8 Å². The Morgan fingerprint density at radius 2 is 1.39 bits per heavy atom. The standard InChI is InChI=1S/C22H26N4O2/c1-27-19-7-3-5-17(15-19)9-12-23-21-11-14-25-22(26-21)24-13-10-18-6-4-8-20(16-18)28-2/h3-8,11,14-16H,9-10,12-13H2,1-2H3,(H2,23,24,25,26). The third-order valence-electron chi connectivity index (χ3n) is 4.34. The van der Waals surface area contributed by atoms with E-state index in [4.69, 9.17) is 9.47 Å². The van der Waals surface area contributed by atoms with Crippen LogP contribution in [-0.4, -0.2) is 37.3 Å². The Balaban J connectivity index is 1.46. The number of anilines is 2. The van der Waals surface area contributed by atoms with Gasteiger partial charge in [-0.05, 0) is 54.3 Å². The maximum Gasteiger partial charge on any atom is 0.224 e. The van der Waals surface area contributed by atoms with E-state index in [1.165, 1.54) is 11.1 Å². The molecule has 0 fully saturated rings. The Morgan fingerprint density at radius 1 is 0.786 bits per heavy atom. The van der Waals surface area contributed by atoms with E-state index < -0.39 is 0 Å². The summed E-state index contributed by atoms with van der Waals surface area (Å²) in [7, 11) is 3.36. The number of methoxy groups -OCH3 is 2. The molecule has 0 radical (unpaired) electrons. The van der Waals surface area contributed by atoms with E-state index in [9.17, 15) is 0 Å². The van der Waals surface area contributed by atoms with E-state index in [-0.39, 0.29) is 0 Å². The summed E-state index contributed by atoms with van der Waals surface area (Å²) in [6.07, 6.45) is 3.52. The first kappa shape index (κ1) is 19.5. The lowest BCUT2D eigenvalue weighted by atomic mass is 10.1. The molecule has 0 aliphatic rings. The third kappa shape index (κ3) is 5.87. The predicted molar refractivity (Wildman–Crippen MR) is 112 cm³/mol. The van der Waals surface area contributed by atoms with Gasteiger partial charge >= 0.3 is 0 Å². The van der Waals surface area contributed by atoms with Crippen LogP contribution in [0, 0.1) is 0 Å². The van der Waals surface area contributed by atoms with E-state index in [1.54, 1.807) is 20.4 Å². The summed E-state index contributed by atoms with van der Waals surface area (Å²) in [4.78, 5) is 8.81. The minimum absolute atomic E-state index is 0.620. The molecule has 0 atom stereocenters. The Morgan fingerprint density at radius 3 is 2.00 bits per heavy atom. The van der Waals surface area contributed by atoms with Crippen molar-refractivity contribution in [3.8, 4) is 11.5 Å². The number of hydrogen-bond donors (Lipinski definition) is 2. The highest BCUT2D eigenvalue weighted by Crippen LogP contribution is 2.14. The maximum absolute atomic E-state index is 5.26. The van der Waals surface area contributed by atoms with Gasteiger partial charge in [0, 0.05) is 19.3 Å². The van der Waals surface area contributed by atoms with Crippen LogP contribution in [0.1, 0.15) is 11.1 Å². The van der Waals surface area contributed by atoms with Crippen LogP contribution in [0.5, 0.6) is 11.5 Å². The van der Waals surface area contributed by atoms with Gasteiger partial charge in [0.25, 0.3) is 0 Å². The molecule has 28 heavy (non-hydrogen) atoms. The molecule has 0 saturated heterocycles. The summed E-state index contributed by atoms with van der Waals surface area (Å²) >= 11 is 0. The average molecular weight is 378 g/mol. The first-order chi connectivity index (χ1) is 13.8. The fourth-order valence-corrected chi connectivity index (χ4v) is 2.85. The van der Waals surface area contributed by atoms with Gasteiger partial charge in [0.1, 0.15) is 17.3 Å². The summed E-state index contributed by atoms with van der Waals surface area (Å²) < 4.78 is 10.5. The first-order valence-electron chi connectivity index (χ1n) is 9.33. The van der Waals surface area contributed by atoms with Crippen molar-refractivity contribution >= 4 is 11.8 Å². The van der Waals surface area contributed by atoms with Gasteiger partial charge in [-0.1, -0.05) is 24.3 Å². The topological polar surface area (TPSA) is 68.3 Å². The van der Waals surface area contributed by atoms with Crippen molar-refractivity contribution in [2.45, 2.75) is 12.8 Å². The molecule has 2 N–H and O–H groups in total. The average Bonchev–Trinajstić information content (AvgIpc) is 2.74. The highest BCUT2D eigenvalue weighted by Gasteiger charge is 2.01. The lowest BCUT2D eigenvalue weighted by Gasteiger charge is -2.09. The van der Waals surface area contributed by atoms with E-state index in [2.05, 4.69) is 32.7 Å². The normalized spacial score (nSPS) is 10.4. The van der Waals surface area contributed by atoms with Crippen molar-refractivity contribution in [3.05, 3.63) is 71.9 Å². The lowest BCUT2D eigenvalue weighted by molar-refractivity contribution is 0.414. The number of benzene rings is 2. The quantitative estimate of drug-likeness (QED) is 0.559. The molecule has 1 heterocycles. The van der Waals surface area contributed by atoms with Gasteiger partial charge in [-0.25, -0.2) is 4.98 Å². The minimum atomic E-state index is 0.620. The summed E-state index contributed by atoms with van der Waals surface area (Å²) in [5, 5.41) is 6.62. The van der Waals surface area contributed by atoms with Crippen LogP contribution < -0.4 is 20.1 Å². The molecule has 2 aromatic carbocycles. The molecule has 0 spiro atoms. The molecule has 0 amide bonds. The molecule has 0 bridgehead atoms. The van der Waals surface area contributed by atoms with Gasteiger partial charge < -0.3 is 20.1 Å². The molecule has 6 nitrogen and oxygen atoms in total. The smallest absolute Gasteiger partial charge is 0.224 e. The predicted octanol–water partition coefficient (Wildman–Crippen LogP) is 3.80. The summed E-state index contributed by atoms with van der Waals surface area (Å²) in [6, 6.07) is 18.0. The number of nitrogens with one attached hydrogen (secondary N) is 2. The molecule has 1 aromatic heterocycles. The third-order valence-corrected chi connectivity index (χ3v) is 4.34. The minimum Gasteiger partial charge on any atom is -0.497 e. The first-order valence-corrected chi connectivity index (χ1v) is 9.33. The SMILES string of the molecule is COc1cccc(CCNc2ccnc(NCCc3cccc(OC)c3)n2)c1. The summed E-state index contributed by atoms with van der Waals surface area (Å²) in [6.45, 7) is 1.54. The Kier molecular flexibility index (Phi) is 7.07. The molecule has 6 heteroatoms. The van der Waals surface area contributed by atoms with Gasteiger partial charge in [-0.3, -0.25) is 0 Å². The van der Waals surface area contributed by atoms with Crippen molar-refractivity contribution in [1.29, 1.82) is 0 Å². The Labute approximate surface area is 166 Å². The number of nitrogens with zero attached hydrogens (tertiary/aromatic N) is 2. The Bertz CT molecular complexity index is 817. The molecule has 146 valence electrons. The maximum atomic E-state index is 5.26. The second-order valence-corrected chi connectivity index (χ2v) is 6.32. The van der Waals surface area contributed by atoms with Crippen molar-refractivity contribution < 1.29 is 9.47 Å². The number of aromatic nitrogens is 2. The monoisotopic (exact) mass is 378 g/mol. The molecular formula is C22H26N4O2. The van der Waals surface area contributed by atoms with Crippen molar-refractivity contribution in [2.75, 3.05) is 37.9 Å². The van der Waals surface area contributed by atoms with Gasteiger partial charge in [-0.15, -0.1) is 0 Å². The van der Waals surface area contributed by atoms with Crippen LogP contribution in [0.4, 0.5) is 11.8 Å². The molecule has 3 aromatic rings. The lowest BCUT2D eigenvalue weighted by Crippen LogP contribution is -2.11. The molecule has 0 aliphatic carbocycles. The molecular weight excluding hydrogens is 352 g/mol. The van der Waals surface area contributed by atoms with Crippen LogP contribution in [0.2, 0.25) is 0 Å². The van der Waals surface area contributed by atoms with Crippen LogP contribution in [0.3, 0.4) is 0 Å². The Hall–Kier alpha value is -3.28. The van der Waals surface area contributed by atoms with Gasteiger partial charge in [0.2, 0.25) is 5.95 Å². The molecule has 0 unspecified atom stereocenters. The molecule has 0 saturated carbocycles. The van der Waals surface area contributed by atoms with Crippen LogP contribution >= 0.6 is 0 Å². The highest BCUT2D eigenvalue weighted by molar-refractivity contribution is 5.40. The van der Waals surface area contributed by atoms with Crippen molar-refractivity contribution in [2.24, 2.45) is 0 Å². The van der Waals surface area contributed by atoms with Crippen molar-refractivity contribution in [1.82, 2.24) is 9.97 Å². The zero-order chi connectivity index (χ0) is 19.6. The van der Waals surface area contributed by atoms with E-state index in [0.29, 0.717) is 5.95 Å². The highest BCUT2D eigenvalue weighted by atomic mass is 16.5. The van der Waals surface area contributed by atoms with E-state index in [1.807, 2.05) is 42.5 Å². The van der Waals surface area contributed by atoms with Gasteiger partial charge in [0.15, 0.2) is 0 Å². The largest absolute Gasteiger partial charge is 0.497 e. The van der Waals surface area contributed by atoms with Crippen molar-refractivity contribution in [3.63, 3.8) is 0 Å². The second kappa shape index (κ2) is 10.2. The fraction of sp³-hybridized carbons (Fsp3) is 0.273. The number of rotatable bonds is 10. The van der Waals surface area contributed by atoms with Crippen LogP contribution in [0.25, 0.3) is 0 Å². The van der Waals surface area contributed by atoms with E-state index in [0.717, 1.165) is 43.2 Å². The number of hydrogen-bond acceptors (Lipinski definition) is 6. The molecule has 3 rings (SSSR count).